The smallest absolute Gasteiger partial charge is 0.292 e. The highest BCUT2D eigenvalue weighted by atomic mass is 35.5. The monoisotopic (exact) mass is 310 g/mol. The molecule has 0 radical (unpaired) electrons. The molecule has 2 aromatic rings. The summed E-state index contributed by atoms with van der Waals surface area (Å²) in [5.41, 5.74) is 0.516. The Morgan fingerprint density at radius 2 is 2.05 bits per heavy atom. The maximum Gasteiger partial charge on any atom is 0.292 e. The van der Waals surface area contributed by atoms with Crippen molar-refractivity contribution in [1.29, 1.82) is 0 Å². The number of nitrogens with one attached hydrogen (secondary N) is 1. The molecule has 0 spiro atoms. The molecule has 0 heterocycles. The van der Waals surface area contributed by atoms with Crippen molar-refractivity contribution in [1.82, 2.24) is 0 Å². The van der Waals surface area contributed by atoms with Gasteiger partial charge in [0.05, 0.1) is 11.0 Å². The quantitative estimate of drug-likeness (QED) is 0.653. The minimum atomic E-state index is -0.558. The van der Waals surface area contributed by atoms with Crippen LogP contribution in [0.4, 0.5) is 15.8 Å². The van der Waals surface area contributed by atoms with E-state index in [-0.39, 0.29) is 17.1 Å². The van der Waals surface area contributed by atoms with Crippen LogP contribution in [0.3, 0.4) is 0 Å². The van der Waals surface area contributed by atoms with Gasteiger partial charge in [-0.3, -0.25) is 10.1 Å². The molecule has 2 rings (SSSR count). The number of benzene rings is 2. The van der Waals surface area contributed by atoms with E-state index < -0.39 is 16.8 Å². The van der Waals surface area contributed by atoms with E-state index in [2.05, 4.69) is 5.32 Å². The van der Waals surface area contributed by atoms with Gasteiger partial charge in [0.25, 0.3) is 5.69 Å². The second-order valence-electron chi connectivity index (χ2n) is 4.49. The lowest BCUT2D eigenvalue weighted by molar-refractivity contribution is -0.384. The van der Waals surface area contributed by atoms with Gasteiger partial charge in [-0.25, -0.2) is 4.39 Å². The fourth-order valence-electron chi connectivity index (χ4n) is 1.98. The SMILES string of the molecule is CC(Nc1cc(Cl)ccc1[N+](=O)[O-])c1ccc(F)cc1O. The van der Waals surface area contributed by atoms with Crippen LogP contribution in [-0.2, 0) is 0 Å². The van der Waals surface area contributed by atoms with Crippen LogP contribution in [0.2, 0.25) is 5.02 Å². The van der Waals surface area contributed by atoms with Gasteiger partial charge in [-0.05, 0) is 25.1 Å². The minimum Gasteiger partial charge on any atom is -0.507 e. The van der Waals surface area contributed by atoms with E-state index in [1.807, 2.05) is 0 Å². The number of phenolic OH excluding ortho intramolecular Hbond substituents is 1. The van der Waals surface area contributed by atoms with Gasteiger partial charge in [-0.15, -0.1) is 0 Å². The van der Waals surface area contributed by atoms with Gasteiger partial charge in [0.2, 0.25) is 0 Å². The fourth-order valence-corrected chi connectivity index (χ4v) is 2.15. The molecule has 110 valence electrons. The topological polar surface area (TPSA) is 75.4 Å². The van der Waals surface area contributed by atoms with Gasteiger partial charge in [-0.1, -0.05) is 17.7 Å². The van der Waals surface area contributed by atoms with E-state index in [4.69, 9.17) is 11.6 Å². The first-order chi connectivity index (χ1) is 9.88. The molecule has 0 aromatic heterocycles. The van der Waals surface area contributed by atoms with E-state index in [0.717, 1.165) is 6.07 Å². The molecule has 0 amide bonds. The molecule has 2 aromatic carbocycles. The van der Waals surface area contributed by atoms with Crippen LogP contribution in [0.25, 0.3) is 0 Å². The Bertz CT molecular complexity index is 694. The van der Waals surface area contributed by atoms with Gasteiger partial charge >= 0.3 is 0 Å². The molecule has 7 heteroatoms. The van der Waals surface area contributed by atoms with Gasteiger partial charge in [0.15, 0.2) is 0 Å². The van der Waals surface area contributed by atoms with E-state index >= 15 is 0 Å². The van der Waals surface area contributed by atoms with Gasteiger partial charge in [0.1, 0.15) is 17.3 Å². The molecule has 0 aliphatic carbocycles. The highest BCUT2D eigenvalue weighted by molar-refractivity contribution is 6.31. The van der Waals surface area contributed by atoms with Crippen LogP contribution in [0.1, 0.15) is 18.5 Å². The number of nitro groups is 1. The number of rotatable bonds is 4. The Labute approximate surface area is 125 Å². The number of halogens is 2. The standard InChI is InChI=1S/C14H12ClFN2O3/c1-8(11-4-3-10(16)7-14(11)19)17-12-6-9(15)2-5-13(12)18(20)21/h2-8,17,19H,1H3. The highest BCUT2D eigenvalue weighted by Crippen LogP contribution is 2.33. The average Bonchev–Trinajstić information content (AvgIpc) is 2.37. The highest BCUT2D eigenvalue weighted by Gasteiger charge is 2.18. The Morgan fingerprint density at radius 1 is 1.33 bits per heavy atom. The second kappa shape index (κ2) is 5.97. The zero-order valence-corrected chi connectivity index (χ0v) is 11.8. The van der Waals surface area contributed by atoms with Crippen molar-refractivity contribution in [3.63, 3.8) is 0 Å². The Balaban J connectivity index is 2.33. The molecule has 0 aliphatic rings. The maximum absolute atomic E-state index is 13.0. The summed E-state index contributed by atoms with van der Waals surface area (Å²) in [5, 5.41) is 24.0. The van der Waals surface area contributed by atoms with Crippen molar-refractivity contribution in [2.45, 2.75) is 13.0 Å². The third kappa shape index (κ3) is 3.41. The van der Waals surface area contributed by atoms with Gasteiger partial charge in [0, 0.05) is 22.7 Å². The summed E-state index contributed by atoms with van der Waals surface area (Å²) in [7, 11) is 0. The summed E-state index contributed by atoms with van der Waals surface area (Å²) in [6.45, 7) is 1.69. The van der Waals surface area contributed by atoms with Crippen LogP contribution in [0.15, 0.2) is 36.4 Å². The predicted molar refractivity (Wildman–Crippen MR) is 78.2 cm³/mol. The molecule has 21 heavy (non-hydrogen) atoms. The Hall–Kier alpha value is -2.34. The lowest BCUT2D eigenvalue weighted by Crippen LogP contribution is -2.08. The summed E-state index contributed by atoms with van der Waals surface area (Å²) in [6, 6.07) is 7.28. The van der Waals surface area contributed by atoms with Crippen LogP contribution in [0, 0.1) is 15.9 Å². The first-order valence-electron chi connectivity index (χ1n) is 6.07. The third-order valence-electron chi connectivity index (χ3n) is 2.99. The molecule has 0 saturated carbocycles. The molecule has 0 fully saturated rings. The van der Waals surface area contributed by atoms with Crippen LogP contribution in [-0.4, -0.2) is 10.0 Å². The molecule has 2 N–H and O–H groups in total. The number of hydrogen-bond acceptors (Lipinski definition) is 4. The van der Waals surface area contributed by atoms with Crippen LogP contribution in [0.5, 0.6) is 5.75 Å². The summed E-state index contributed by atoms with van der Waals surface area (Å²) >= 11 is 5.84. The number of nitrogens with zero attached hydrogens (tertiary/aromatic N) is 1. The lowest BCUT2D eigenvalue weighted by Gasteiger charge is -2.17. The maximum atomic E-state index is 13.0. The zero-order valence-electron chi connectivity index (χ0n) is 11.0. The van der Waals surface area contributed by atoms with E-state index in [1.165, 1.54) is 30.3 Å². The largest absolute Gasteiger partial charge is 0.507 e. The molecule has 5 nitrogen and oxygen atoms in total. The summed E-state index contributed by atoms with van der Waals surface area (Å²) in [6.07, 6.45) is 0. The van der Waals surface area contributed by atoms with Gasteiger partial charge in [-0.2, -0.15) is 0 Å². The zero-order chi connectivity index (χ0) is 15.6. The molecule has 0 saturated heterocycles. The number of hydrogen-bond donors (Lipinski definition) is 2. The fraction of sp³-hybridized carbons (Fsp3) is 0.143. The van der Waals surface area contributed by atoms with Crippen molar-refractivity contribution < 1.29 is 14.4 Å². The van der Waals surface area contributed by atoms with E-state index in [9.17, 15) is 19.6 Å². The second-order valence-corrected chi connectivity index (χ2v) is 4.92. The Morgan fingerprint density at radius 3 is 2.67 bits per heavy atom. The molecule has 1 unspecified atom stereocenters. The van der Waals surface area contributed by atoms with E-state index in [1.54, 1.807) is 6.92 Å². The number of anilines is 1. The number of nitro benzene ring substituents is 1. The molecular weight excluding hydrogens is 299 g/mol. The summed E-state index contributed by atoms with van der Waals surface area (Å²) in [5.74, 6) is -0.781. The predicted octanol–water partition coefficient (Wildman–Crippen LogP) is 4.27. The van der Waals surface area contributed by atoms with Crippen molar-refractivity contribution in [2.24, 2.45) is 0 Å². The van der Waals surface area contributed by atoms with Crippen molar-refractivity contribution in [3.8, 4) is 5.75 Å². The van der Waals surface area contributed by atoms with Crippen LogP contribution >= 0.6 is 11.6 Å². The van der Waals surface area contributed by atoms with Crippen molar-refractivity contribution in [3.05, 3.63) is 62.9 Å². The molecule has 0 aliphatic heterocycles. The van der Waals surface area contributed by atoms with E-state index in [0.29, 0.717) is 10.6 Å². The first-order valence-corrected chi connectivity index (χ1v) is 6.45. The molecule has 0 bridgehead atoms. The Kier molecular flexibility index (Phi) is 4.28. The number of aromatic hydroxyl groups is 1. The average molecular weight is 311 g/mol. The summed E-state index contributed by atoms with van der Waals surface area (Å²) < 4.78 is 13.0. The number of phenols is 1. The van der Waals surface area contributed by atoms with Gasteiger partial charge < -0.3 is 10.4 Å². The minimum absolute atomic E-state index is 0.132. The first kappa shape index (κ1) is 15.1. The van der Waals surface area contributed by atoms with Crippen molar-refractivity contribution in [2.75, 3.05) is 5.32 Å². The lowest BCUT2D eigenvalue weighted by atomic mass is 10.1. The van der Waals surface area contributed by atoms with Crippen molar-refractivity contribution >= 4 is 23.0 Å². The van der Waals surface area contributed by atoms with Crippen LogP contribution < -0.4 is 5.32 Å². The molecular formula is C14H12ClFN2O3. The summed E-state index contributed by atoms with van der Waals surface area (Å²) in [4.78, 5) is 10.5. The third-order valence-corrected chi connectivity index (χ3v) is 3.22. The molecule has 1 atom stereocenters. The normalized spacial score (nSPS) is 12.0.